The third kappa shape index (κ3) is 3.82. The smallest absolute Gasteiger partial charge is 0.272 e. The van der Waals surface area contributed by atoms with Crippen LogP contribution in [0.3, 0.4) is 0 Å². The Morgan fingerprint density at radius 3 is 2.60 bits per heavy atom. The number of nitrogens with zero attached hydrogens (tertiary/aromatic N) is 1. The Kier molecular flexibility index (Phi) is 5.15. The van der Waals surface area contributed by atoms with Crippen LogP contribution >= 0.6 is 0 Å². The normalized spacial score (nSPS) is 13.7. The highest BCUT2D eigenvalue weighted by Crippen LogP contribution is 2.21. The first kappa shape index (κ1) is 14.6. The van der Waals surface area contributed by atoms with E-state index in [9.17, 15) is 9.59 Å². The summed E-state index contributed by atoms with van der Waals surface area (Å²) in [6, 6.07) is 0. The monoisotopic (exact) mass is 278 g/mol. The SMILES string of the molecule is CC(=O)NCCCCNC(=O)c1n[nH]c2c1CCCC2. The molecule has 1 aliphatic carbocycles. The summed E-state index contributed by atoms with van der Waals surface area (Å²) in [4.78, 5) is 22.7. The molecule has 0 atom stereocenters. The third-order valence-corrected chi connectivity index (χ3v) is 3.53. The third-order valence-electron chi connectivity index (χ3n) is 3.53. The largest absolute Gasteiger partial charge is 0.356 e. The number of aromatic nitrogens is 2. The van der Waals surface area contributed by atoms with Gasteiger partial charge in [0.1, 0.15) is 0 Å². The Balaban J connectivity index is 1.72. The van der Waals surface area contributed by atoms with E-state index >= 15 is 0 Å². The van der Waals surface area contributed by atoms with Crippen LogP contribution in [-0.4, -0.2) is 35.1 Å². The van der Waals surface area contributed by atoms with Gasteiger partial charge in [-0.25, -0.2) is 0 Å². The lowest BCUT2D eigenvalue weighted by molar-refractivity contribution is -0.118. The Bertz CT molecular complexity index is 482. The Morgan fingerprint density at radius 2 is 1.85 bits per heavy atom. The fourth-order valence-electron chi connectivity index (χ4n) is 2.47. The number of nitrogens with one attached hydrogen (secondary N) is 3. The molecule has 0 fully saturated rings. The predicted molar refractivity (Wildman–Crippen MR) is 75.5 cm³/mol. The summed E-state index contributed by atoms with van der Waals surface area (Å²) in [6.07, 6.45) is 5.93. The minimum atomic E-state index is -0.0936. The molecule has 6 heteroatoms. The van der Waals surface area contributed by atoms with Gasteiger partial charge in [-0.15, -0.1) is 0 Å². The fourth-order valence-corrected chi connectivity index (χ4v) is 2.47. The van der Waals surface area contributed by atoms with E-state index in [0.29, 0.717) is 18.8 Å². The lowest BCUT2D eigenvalue weighted by Crippen LogP contribution is -2.27. The zero-order valence-corrected chi connectivity index (χ0v) is 11.9. The maximum atomic E-state index is 12.1. The number of amides is 2. The van der Waals surface area contributed by atoms with Crippen LogP contribution in [-0.2, 0) is 17.6 Å². The molecule has 0 aliphatic heterocycles. The van der Waals surface area contributed by atoms with E-state index < -0.39 is 0 Å². The topological polar surface area (TPSA) is 86.9 Å². The van der Waals surface area contributed by atoms with E-state index in [-0.39, 0.29) is 11.8 Å². The van der Waals surface area contributed by atoms with Crippen LogP contribution in [0, 0.1) is 0 Å². The molecule has 1 heterocycles. The van der Waals surface area contributed by atoms with Crippen LogP contribution in [0.2, 0.25) is 0 Å². The molecule has 0 unspecified atom stereocenters. The second kappa shape index (κ2) is 7.07. The predicted octanol–water partition coefficient (Wildman–Crippen LogP) is 0.935. The molecule has 20 heavy (non-hydrogen) atoms. The summed E-state index contributed by atoms with van der Waals surface area (Å²) in [5.41, 5.74) is 2.76. The average molecular weight is 278 g/mol. The first-order chi connectivity index (χ1) is 9.68. The average Bonchev–Trinajstić information content (AvgIpc) is 2.86. The second-order valence-electron chi connectivity index (χ2n) is 5.18. The molecule has 110 valence electrons. The van der Waals surface area contributed by atoms with Crippen molar-refractivity contribution in [1.29, 1.82) is 0 Å². The van der Waals surface area contributed by atoms with Crippen LogP contribution in [0.25, 0.3) is 0 Å². The standard InChI is InChI=1S/C14H22N4O2/c1-10(19)15-8-4-5-9-16-14(20)13-11-6-2-3-7-12(11)17-18-13/h2-9H2,1H3,(H,15,19)(H,16,20)(H,17,18). The number of hydrogen-bond acceptors (Lipinski definition) is 3. The van der Waals surface area contributed by atoms with Crippen molar-refractivity contribution in [2.45, 2.75) is 45.4 Å². The zero-order valence-electron chi connectivity index (χ0n) is 11.9. The van der Waals surface area contributed by atoms with Gasteiger partial charge in [-0.2, -0.15) is 5.10 Å². The van der Waals surface area contributed by atoms with Crippen molar-refractivity contribution in [2.24, 2.45) is 0 Å². The van der Waals surface area contributed by atoms with Gasteiger partial charge in [0.25, 0.3) is 5.91 Å². The van der Waals surface area contributed by atoms with E-state index in [2.05, 4.69) is 20.8 Å². The zero-order chi connectivity index (χ0) is 14.4. The molecule has 6 nitrogen and oxygen atoms in total. The molecule has 1 aromatic rings. The van der Waals surface area contributed by atoms with Crippen LogP contribution in [0.4, 0.5) is 0 Å². The summed E-state index contributed by atoms with van der Waals surface area (Å²) in [5, 5.41) is 12.7. The molecule has 0 saturated carbocycles. The number of H-pyrrole nitrogens is 1. The lowest BCUT2D eigenvalue weighted by atomic mass is 9.96. The molecule has 0 spiro atoms. The molecular formula is C14H22N4O2. The minimum Gasteiger partial charge on any atom is -0.356 e. The van der Waals surface area contributed by atoms with E-state index in [4.69, 9.17) is 0 Å². The van der Waals surface area contributed by atoms with Gasteiger partial charge < -0.3 is 10.6 Å². The number of rotatable bonds is 6. The summed E-state index contributed by atoms with van der Waals surface area (Å²) in [6.45, 7) is 2.77. The highest BCUT2D eigenvalue weighted by molar-refractivity contribution is 5.94. The Hall–Kier alpha value is -1.85. The van der Waals surface area contributed by atoms with Gasteiger partial charge in [0.2, 0.25) is 5.91 Å². The molecule has 2 amide bonds. The molecule has 0 bridgehead atoms. The maximum absolute atomic E-state index is 12.1. The first-order valence-corrected chi connectivity index (χ1v) is 7.27. The summed E-state index contributed by atoms with van der Waals surface area (Å²) in [7, 11) is 0. The quantitative estimate of drug-likeness (QED) is 0.677. The van der Waals surface area contributed by atoms with Gasteiger partial charge in [0, 0.05) is 31.3 Å². The van der Waals surface area contributed by atoms with Crippen LogP contribution in [0.15, 0.2) is 0 Å². The van der Waals surface area contributed by atoms with Crippen LogP contribution in [0.1, 0.15) is 54.4 Å². The van der Waals surface area contributed by atoms with Gasteiger partial charge in [0.05, 0.1) is 0 Å². The number of carbonyl (C=O) groups excluding carboxylic acids is 2. The lowest BCUT2D eigenvalue weighted by Gasteiger charge is -2.11. The summed E-state index contributed by atoms with van der Waals surface area (Å²) >= 11 is 0. The summed E-state index contributed by atoms with van der Waals surface area (Å²) in [5.74, 6) is -0.110. The molecule has 2 rings (SSSR count). The van der Waals surface area contributed by atoms with Crippen molar-refractivity contribution in [3.63, 3.8) is 0 Å². The maximum Gasteiger partial charge on any atom is 0.272 e. The van der Waals surface area contributed by atoms with E-state index in [1.165, 1.54) is 13.3 Å². The first-order valence-electron chi connectivity index (χ1n) is 7.27. The van der Waals surface area contributed by atoms with Crippen molar-refractivity contribution in [3.8, 4) is 0 Å². The van der Waals surface area contributed by atoms with Gasteiger partial charge in [-0.3, -0.25) is 14.7 Å². The number of carbonyl (C=O) groups is 2. The molecular weight excluding hydrogens is 256 g/mol. The van der Waals surface area contributed by atoms with Gasteiger partial charge in [0.15, 0.2) is 5.69 Å². The van der Waals surface area contributed by atoms with Gasteiger partial charge in [-0.1, -0.05) is 0 Å². The minimum absolute atomic E-state index is 0.0165. The number of unbranched alkanes of at least 4 members (excludes halogenated alkanes) is 1. The number of aryl methyl sites for hydroxylation is 1. The highest BCUT2D eigenvalue weighted by atomic mass is 16.2. The second-order valence-corrected chi connectivity index (χ2v) is 5.18. The number of fused-ring (bicyclic) bond motifs is 1. The number of hydrogen-bond donors (Lipinski definition) is 3. The highest BCUT2D eigenvalue weighted by Gasteiger charge is 2.21. The van der Waals surface area contributed by atoms with Crippen molar-refractivity contribution < 1.29 is 9.59 Å². The van der Waals surface area contributed by atoms with Gasteiger partial charge in [-0.05, 0) is 38.5 Å². The Labute approximate surface area is 118 Å². The van der Waals surface area contributed by atoms with Crippen molar-refractivity contribution in [1.82, 2.24) is 20.8 Å². The molecule has 3 N–H and O–H groups in total. The van der Waals surface area contributed by atoms with Gasteiger partial charge >= 0.3 is 0 Å². The van der Waals surface area contributed by atoms with E-state index in [1.807, 2.05) is 0 Å². The van der Waals surface area contributed by atoms with Crippen molar-refractivity contribution >= 4 is 11.8 Å². The Morgan fingerprint density at radius 1 is 1.15 bits per heavy atom. The van der Waals surface area contributed by atoms with Crippen LogP contribution in [0.5, 0.6) is 0 Å². The number of aromatic amines is 1. The molecule has 1 aromatic heterocycles. The molecule has 0 aromatic carbocycles. The molecule has 0 radical (unpaired) electrons. The van der Waals surface area contributed by atoms with Crippen molar-refractivity contribution in [3.05, 3.63) is 17.0 Å². The molecule has 1 aliphatic rings. The fraction of sp³-hybridized carbons (Fsp3) is 0.643. The van der Waals surface area contributed by atoms with E-state index in [0.717, 1.165) is 43.4 Å². The van der Waals surface area contributed by atoms with Crippen LogP contribution < -0.4 is 10.6 Å². The van der Waals surface area contributed by atoms with Crippen molar-refractivity contribution in [2.75, 3.05) is 13.1 Å². The molecule has 0 saturated heterocycles. The summed E-state index contributed by atoms with van der Waals surface area (Å²) < 4.78 is 0. The van der Waals surface area contributed by atoms with E-state index in [1.54, 1.807) is 0 Å².